The molecule has 0 saturated carbocycles. The Balaban J connectivity index is 1.98. The van der Waals surface area contributed by atoms with E-state index in [0.717, 1.165) is 0 Å². The molecule has 0 aliphatic carbocycles. The molecule has 1 saturated heterocycles. The van der Waals surface area contributed by atoms with Crippen LogP contribution >= 0.6 is 0 Å². The highest BCUT2D eigenvalue weighted by Crippen LogP contribution is 2.33. The highest BCUT2D eigenvalue weighted by molar-refractivity contribution is 5.66. The lowest BCUT2D eigenvalue weighted by molar-refractivity contribution is -0.0806. The predicted molar refractivity (Wildman–Crippen MR) is 59.3 cm³/mol. The second-order valence-corrected chi connectivity index (χ2v) is 3.87. The number of para-hydroxylation sites is 1. The summed E-state index contributed by atoms with van der Waals surface area (Å²) in [6, 6.07) is 8.32. The van der Waals surface area contributed by atoms with Crippen LogP contribution in [0.5, 0.6) is 5.75 Å². The summed E-state index contributed by atoms with van der Waals surface area (Å²) in [4.78, 5) is 0. The summed E-state index contributed by atoms with van der Waals surface area (Å²) in [6.45, 7) is 1.01. The molecule has 0 amide bonds. The summed E-state index contributed by atoms with van der Waals surface area (Å²) in [5, 5.41) is 0. The smallest absolute Gasteiger partial charge is 0.166 e. The normalized spacial score (nSPS) is 15.6. The molecule has 0 unspecified atom stereocenters. The number of hydrogen-bond acceptors (Lipinski definition) is 3. The van der Waals surface area contributed by atoms with E-state index in [2.05, 4.69) is 0 Å². The second-order valence-electron chi connectivity index (χ2n) is 3.87. The van der Waals surface area contributed by atoms with E-state index in [1.807, 2.05) is 0 Å². The molecule has 0 radical (unpaired) electrons. The monoisotopic (exact) mass is 234 g/mol. The molecule has 88 valence electrons. The average molecular weight is 234 g/mol. The number of benzene rings is 1. The van der Waals surface area contributed by atoms with E-state index in [-0.39, 0.29) is 17.7 Å². The first-order valence-corrected chi connectivity index (χ1v) is 5.41. The molecule has 0 bridgehead atoms. The molecule has 0 N–H and O–H groups in total. The van der Waals surface area contributed by atoms with Crippen LogP contribution in [-0.4, -0.2) is 19.3 Å². The lowest BCUT2D eigenvalue weighted by Crippen LogP contribution is -2.38. The summed E-state index contributed by atoms with van der Waals surface area (Å²) in [6.07, 6.45) is 1.48. The van der Waals surface area contributed by atoms with E-state index >= 15 is 0 Å². The standard InChI is InChI=1S/C13H11FO3/c14-11-4-1-3-10(12-5-2-6-16-12)13(11)17-9-7-15-8-9/h1-6,9H,7-8H2. The summed E-state index contributed by atoms with van der Waals surface area (Å²) in [5.41, 5.74) is 0.627. The lowest BCUT2D eigenvalue weighted by Gasteiger charge is -2.27. The topological polar surface area (TPSA) is 31.6 Å². The van der Waals surface area contributed by atoms with Gasteiger partial charge in [-0.15, -0.1) is 0 Å². The third-order valence-corrected chi connectivity index (χ3v) is 2.65. The minimum atomic E-state index is -0.384. The number of furan rings is 1. The molecule has 0 atom stereocenters. The van der Waals surface area contributed by atoms with Gasteiger partial charge in [-0.3, -0.25) is 0 Å². The zero-order valence-corrected chi connectivity index (χ0v) is 9.06. The summed E-state index contributed by atoms with van der Waals surface area (Å²) >= 11 is 0. The summed E-state index contributed by atoms with van der Waals surface area (Å²) in [5.74, 6) is 0.446. The van der Waals surface area contributed by atoms with Crippen molar-refractivity contribution in [3.05, 3.63) is 42.4 Å². The Bertz CT molecular complexity index is 503. The van der Waals surface area contributed by atoms with E-state index in [4.69, 9.17) is 13.9 Å². The SMILES string of the molecule is Fc1cccc(-c2ccco2)c1OC1COC1. The van der Waals surface area contributed by atoms with Gasteiger partial charge in [0.1, 0.15) is 11.9 Å². The maximum absolute atomic E-state index is 13.8. The maximum Gasteiger partial charge on any atom is 0.166 e. The van der Waals surface area contributed by atoms with Gasteiger partial charge in [-0.1, -0.05) is 6.07 Å². The first kappa shape index (κ1) is 10.4. The number of halogens is 1. The Kier molecular flexibility index (Phi) is 2.57. The van der Waals surface area contributed by atoms with E-state index in [9.17, 15) is 4.39 Å². The van der Waals surface area contributed by atoms with Gasteiger partial charge in [0.2, 0.25) is 0 Å². The van der Waals surface area contributed by atoms with Gasteiger partial charge < -0.3 is 13.9 Å². The van der Waals surface area contributed by atoms with Crippen molar-refractivity contribution in [2.24, 2.45) is 0 Å². The van der Waals surface area contributed by atoms with Crippen LogP contribution < -0.4 is 4.74 Å². The number of ether oxygens (including phenoxy) is 2. The molecule has 2 heterocycles. The predicted octanol–water partition coefficient (Wildman–Crippen LogP) is 2.86. The van der Waals surface area contributed by atoms with Gasteiger partial charge in [0.25, 0.3) is 0 Å². The van der Waals surface area contributed by atoms with E-state index in [1.54, 1.807) is 30.5 Å². The lowest BCUT2D eigenvalue weighted by atomic mass is 10.1. The van der Waals surface area contributed by atoms with Crippen molar-refractivity contribution in [3.8, 4) is 17.1 Å². The van der Waals surface area contributed by atoms with Gasteiger partial charge in [0, 0.05) is 0 Å². The van der Waals surface area contributed by atoms with Gasteiger partial charge in [-0.2, -0.15) is 0 Å². The van der Waals surface area contributed by atoms with Crippen molar-refractivity contribution < 1.29 is 18.3 Å². The van der Waals surface area contributed by atoms with Crippen molar-refractivity contribution in [3.63, 3.8) is 0 Å². The van der Waals surface area contributed by atoms with Crippen molar-refractivity contribution in [2.75, 3.05) is 13.2 Å². The molecule has 0 spiro atoms. The minimum absolute atomic E-state index is 0.0689. The fourth-order valence-corrected chi connectivity index (χ4v) is 1.70. The largest absolute Gasteiger partial charge is 0.482 e. The molecule has 3 nitrogen and oxygen atoms in total. The van der Waals surface area contributed by atoms with Crippen LogP contribution in [-0.2, 0) is 4.74 Å². The molecule has 1 aliphatic heterocycles. The van der Waals surface area contributed by atoms with Crippen LogP contribution in [0.3, 0.4) is 0 Å². The molecular formula is C13H11FO3. The highest BCUT2D eigenvalue weighted by Gasteiger charge is 2.24. The third-order valence-electron chi connectivity index (χ3n) is 2.65. The van der Waals surface area contributed by atoms with Gasteiger partial charge in [0.15, 0.2) is 11.6 Å². The second kappa shape index (κ2) is 4.22. The Morgan fingerprint density at radius 1 is 1.18 bits per heavy atom. The first-order chi connectivity index (χ1) is 8.34. The zero-order valence-electron chi connectivity index (χ0n) is 9.06. The van der Waals surface area contributed by atoms with Crippen molar-refractivity contribution >= 4 is 0 Å². The maximum atomic E-state index is 13.8. The molecule has 17 heavy (non-hydrogen) atoms. The average Bonchev–Trinajstić information content (AvgIpc) is 2.78. The molecule has 1 aliphatic rings. The molecule has 1 aromatic heterocycles. The molecule has 1 fully saturated rings. The van der Waals surface area contributed by atoms with E-state index in [0.29, 0.717) is 24.5 Å². The van der Waals surface area contributed by atoms with Crippen LogP contribution in [0.4, 0.5) is 4.39 Å². The van der Waals surface area contributed by atoms with Crippen molar-refractivity contribution in [1.82, 2.24) is 0 Å². The van der Waals surface area contributed by atoms with Crippen molar-refractivity contribution in [1.29, 1.82) is 0 Å². The first-order valence-electron chi connectivity index (χ1n) is 5.41. The quantitative estimate of drug-likeness (QED) is 0.818. The number of rotatable bonds is 3. The van der Waals surface area contributed by atoms with Crippen LogP contribution in [0.2, 0.25) is 0 Å². The van der Waals surface area contributed by atoms with Gasteiger partial charge >= 0.3 is 0 Å². The zero-order chi connectivity index (χ0) is 11.7. The number of hydrogen-bond donors (Lipinski definition) is 0. The molecule has 2 aromatic rings. The summed E-state index contributed by atoms with van der Waals surface area (Å²) < 4.78 is 29.6. The van der Waals surface area contributed by atoms with Crippen LogP contribution in [0.15, 0.2) is 41.0 Å². The fraction of sp³-hybridized carbons (Fsp3) is 0.231. The molecular weight excluding hydrogens is 223 g/mol. The van der Waals surface area contributed by atoms with Crippen molar-refractivity contribution in [2.45, 2.75) is 6.10 Å². The van der Waals surface area contributed by atoms with Crippen LogP contribution in [0.25, 0.3) is 11.3 Å². The van der Waals surface area contributed by atoms with Gasteiger partial charge in [-0.25, -0.2) is 4.39 Å². The molecule has 1 aromatic carbocycles. The fourth-order valence-electron chi connectivity index (χ4n) is 1.70. The van der Waals surface area contributed by atoms with Crippen LogP contribution in [0, 0.1) is 5.82 Å². The highest BCUT2D eigenvalue weighted by atomic mass is 19.1. The Hall–Kier alpha value is -1.81. The third kappa shape index (κ3) is 1.91. The van der Waals surface area contributed by atoms with Gasteiger partial charge in [-0.05, 0) is 24.3 Å². The van der Waals surface area contributed by atoms with Crippen LogP contribution in [0.1, 0.15) is 0 Å². The molecule has 4 heteroatoms. The summed E-state index contributed by atoms with van der Waals surface area (Å²) in [7, 11) is 0. The Morgan fingerprint density at radius 2 is 2.06 bits per heavy atom. The van der Waals surface area contributed by atoms with E-state index in [1.165, 1.54) is 6.07 Å². The Morgan fingerprint density at radius 3 is 2.71 bits per heavy atom. The molecule has 3 rings (SSSR count). The Labute approximate surface area is 97.8 Å². The van der Waals surface area contributed by atoms with E-state index < -0.39 is 0 Å². The minimum Gasteiger partial charge on any atom is -0.482 e. The van der Waals surface area contributed by atoms with Gasteiger partial charge in [0.05, 0.1) is 25.0 Å².